The maximum Gasteiger partial charge on any atom is 0.328 e. The number of ether oxygens (including phenoxy) is 9. The first kappa shape index (κ1) is 50.4. The summed E-state index contributed by atoms with van der Waals surface area (Å²) in [6, 6.07) is 4.80. The lowest BCUT2D eigenvalue weighted by Gasteiger charge is -2.43. The highest BCUT2D eigenvalue weighted by Crippen LogP contribution is 2.29. The van der Waals surface area contributed by atoms with Crippen LogP contribution in [0.2, 0.25) is 0 Å². The minimum absolute atomic E-state index is 0.0465. The van der Waals surface area contributed by atoms with Crippen molar-refractivity contribution in [3.63, 3.8) is 0 Å². The molecule has 0 aromatic heterocycles. The second-order valence-corrected chi connectivity index (χ2v) is 15.5. The Morgan fingerprint density at radius 3 is 2.00 bits per heavy atom. The largest absolute Gasteiger partial charge is 0.463 e. The molecule has 1 aliphatic rings. The van der Waals surface area contributed by atoms with Crippen molar-refractivity contribution in [2.24, 2.45) is 0 Å². The summed E-state index contributed by atoms with van der Waals surface area (Å²) >= 11 is 0. The summed E-state index contributed by atoms with van der Waals surface area (Å²) in [5.74, 6) is -6.00. The summed E-state index contributed by atoms with van der Waals surface area (Å²) in [6.45, 7) is 7.67. The van der Waals surface area contributed by atoms with Crippen LogP contribution in [0.3, 0.4) is 0 Å². The van der Waals surface area contributed by atoms with E-state index in [9.17, 15) is 47.1 Å². The van der Waals surface area contributed by atoms with E-state index in [0.717, 1.165) is 34.6 Å². The normalized spacial score (nSPS) is 20.9. The molecule has 4 unspecified atom stereocenters. The van der Waals surface area contributed by atoms with Crippen LogP contribution in [0.4, 0.5) is 0 Å². The van der Waals surface area contributed by atoms with Gasteiger partial charge in [-0.25, -0.2) is 13.2 Å². The molecule has 1 saturated heterocycles. The minimum atomic E-state index is -3.75. The van der Waals surface area contributed by atoms with Gasteiger partial charge in [-0.2, -0.15) is 0 Å². The number of sulfone groups is 1. The molecule has 1 aromatic rings. The molecule has 0 radical (unpaired) electrons. The van der Waals surface area contributed by atoms with Crippen molar-refractivity contribution in [2.75, 3.05) is 32.2 Å². The van der Waals surface area contributed by atoms with Crippen LogP contribution in [-0.2, 0) is 86.0 Å². The van der Waals surface area contributed by atoms with Gasteiger partial charge in [-0.1, -0.05) is 18.2 Å². The zero-order valence-electron chi connectivity index (χ0n) is 34.1. The molecule has 2 amide bonds. The number of hydrogen-bond acceptors (Lipinski definition) is 19. The molecule has 1 heterocycles. The van der Waals surface area contributed by atoms with Crippen molar-refractivity contribution < 1.29 is 89.7 Å². The minimum Gasteiger partial charge on any atom is -0.463 e. The Bertz CT molecular complexity index is 1690. The number of nitrogens with one attached hydrogen (secondary N) is 2. The molecule has 0 saturated carbocycles. The first-order chi connectivity index (χ1) is 27.6. The molecule has 332 valence electrons. The van der Waals surface area contributed by atoms with Crippen LogP contribution in [0.5, 0.6) is 0 Å². The lowest BCUT2D eigenvalue weighted by Crippen LogP contribution is -2.61. The average Bonchev–Trinajstić information content (AvgIpc) is 3.14. The van der Waals surface area contributed by atoms with Crippen LogP contribution in [0.15, 0.2) is 35.2 Å². The number of hydrogen-bond donors (Lipinski definition) is 3. The summed E-state index contributed by atoms with van der Waals surface area (Å²) in [7, 11) is -3.75. The van der Waals surface area contributed by atoms with E-state index in [1.54, 1.807) is 18.2 Å². The highest BCUT2D eigenvalue weighted by atomic mass is 32.2. The zero-order valence-corrected chi connectivity index (χ0v) is 34.9. The maximum atomic E-state index is 13.3. The predicted octanol–water partition coefficient (Wildman–Crippen LogP) is -0.369. The van der Waals surface area contributed by atoms with Gasteiger partial charge in [0.25, 0.3) is 0 Å². The van der Waals surface area contributed by atoms with Gasteiger partial charge < -0.3 is 58.4 Å². The van der Waals surface area contributed by atoms with Gasteiger partial charge in [-0.3, -0.25) is 28.8 Å². The van der Waals surface area contributed by atoms with E-state index < -0.39 is 138 Å². The van der Waals surface area contributed by atoms with E-state index in [1.165, 1.54) is 32.9 Å². The van der Waals surface area contributed by atoms with Crippen LogP contribution in [-0.4, -0.2) is 149 Å². The molecule has 22 heteroatoms. The fraction of sp³-hybridized carbons (Fsp3) is 0.649. The van der Waals surface area contributed by atoms with Crippen molar-refractivity contribution in [1.29, 1.82) is 0 Å². The number of carbonyl (C=O) groups excluding carboxylic acids is 7. The number of esters is 5. The number of benzene rings is 1. The van der Waals surface area contributed by atoms with Gasteiger partial charge in [-0.05, 0) is 32.9 Å². The molecule has 0 bridgehead atoms. The van der Waals surface area contributed by atoms with E-state index in [4.69, 9.17) is 42.6 Å². The Morgan fingerprint density at radius 2 is 1.42 bits per heavy atom. The Morgan fingerprint density at radius 1 is 0.814 bits per heavy atom. The monoisotopic (exact) mass is 862 g/mol. The molecular formula is C37H54N2O19S. The fourth-order valence-corrected chi connectivity index (χ4v) is 6.55. The van der Waals surface area contributed by atoms with Gasteiger partial charge in [0.05, 0.1) is 22.9 Å². The lowest BCUT2D eigenvalue weighted by atomic mass is 10.00. The molecule has 0 aliphatic carbocycles. The quantitative estimate of drug-likeness (QED) is 0.0719. The SMILES string of the molecule is CC(=O)NC(C(COC(C)=O)OC(C)=O)[C@@H](OC(C)COC(C)=O)O[C@@H]1C(COC(C)=O)O[C@H](O)C[C@H]1O[C@H](C)C(=O)N[C@@H](C)C(=O)OCCS(=O)(=O)c1ccccc1. The van der Waals surface area contributed by atoms with Gasteiger partial charge in [0.2, 0.25) is 11.8 Å². The Kier molecular flexibility index (Phi) is 20.8. The third kappa shape index (κ3) is 18.4. The van der Waals surface area contributed by atoms with Crippen LogP contribution >= 0.6 is 0 Å². The highest BCUT2D eigenvalue weighted by Gasteiger charge is 2.46. The van der Waals surface area contributed by atoms with E-state index in [0.29, 0.717) is 0 Å². The number of aliphatic hydroxyl groups excluding tert-OH is 1. The molecule has 59 heavy (non-hydrogen) atoms. The van der Waals surface area contributed by atoms with Crippen molar-refractivity contribution in [1.82, 2.24) is 10.6 Å². The summed E-state index contributed by atoms with van der Waals surface area (Å²) in [5.41, 5.74) is 0. The van der Waals surface area contributed by atoms with Gasteiger partial charge in [0.1, 0.15) is 56.8 Å². The number of rotatable bonds is 23. The molecule has 3 N–H and O–H groups in total. The standard InChI is InChI=1S/C37H54N2O19S/c1-20(17-51-24(5)41)54-37(33(39-23(4)40)30(56-27(8)44)18-52-25(6)42)58-34-29(16-32(45)57-31(34)19-53-26(7)43)55-22(3)35(46)38-21(2)36(47)50-14-15-59(48,49)28-12-10-9-11-13-28/h9-13,20-22,29-34,37,45H,14-19H2,1-8H3,(H,38,46)(H,39,40)/t20?,21-,22+,29+,30?,31?,32-,33?,34-,37-/m0/s1. The molecule has 2 rings (SSSR count). The van der Waals surface area contributed by atoms with Crippen LogP contribution in [0.1, 0.15) is 61.8 Å². The van der Waals surface area contributed by atoms with Crippen molar-refractivity contribution in [3.8, 4) is 0 Å². The Hall–Kier alpha value is -4.74. The second kappa shape index (κ2) is 24.4. The molecule has 10 atom stereocenters. The maximum absolute atomic E-state index is 13.3. The third-order valence-electron chi connectivity index (χ3n) is 8.12. The van der Waals surface area contributed by atoms with Crippen LogP contribution in [0, 0.1) is 0 Å². The summed E-state index contributed by atoms with van der Waals surface area (Å²) in [6.07, 6.45) is -11.6. The number of aliphatic hydroxyl groups is 1. The van der Waals surface area contributed by atoms with Gasteiger partial charge in [0.15, 0.2) is 28.5 Å². The van der Waals surface area contributed by atoms with Gasteiger partial charge in [-0.15, -0.1) is 0 Å². The number of carbonyl (C=O) groups is 7. The van der Waals surface area contributed by atoms with E-state index in [1.807, 2.05) is 0 Å². The number of amides is 2. The van der Waals surface area contributed by atoms with Gasteiger partial charge >= 0.3 is 29.8 Å². The zero-order chi connectivity index (χ0) is 44.4. The van der Waals surface area contributed by atoms with Crippen LogP contribution in [0.25, 0.3) is 0 Å². The van der Waals surface area contributed by atoms with Crippen molar-refractivity contribution in [3.05, 3.63) is 30.3 Å². The summed E-state index contributed by atoms with van der Waals surface area (Å²) < 4.78 is 75.1. The lowest BCUT2D eigenvalue weighted by molar-refractivity contribution is -0.307. The van der Waals surface area contributed by atoms with Gasteiger partial charge in [0, 0.05) is 41.0 Å². The first-order valence-electron chi connectivity index (χ1n) is 18.5. The third-order valence-corrected chi connectivity index (χ3v) is 9.81. The van der Waals surface area contributed by atoms with Crippen molar-refractivity contribution in [2.45, 2.75) is 128 Å². The van der Waals surface area contributed by atoms with E-state index in [-0.39, 0.29) is 17.9 Å². The Balaban J connectivity index is 2.41. The first-order valence-corrected chi connectivity index (χ1v) is 20.1. The molecule has 1 aromatic carbocycles. The average molecular weight is 863 g/mol. The molecular weight excluding hydrogens is 808 g/mol. The fourth-order valence-electron chi connectivity index (χ4n) is 5.44. The smallest absolute Gasteiger partial charge is 0.328 e. The topological polar surface area (TPSA) is 281 Å². The summed E-state index contributed by atoms with van der Waals surface area (Å²) in [5, 5.41) is 15.7. The van der Waals surface area contributed by atoms with Crippen molar-refractivity contribution >= 4 is 51.5 Å². The predicted molar refractivity (Wildman–Crippen MR) is 199 cm³/mol. The van der Waals surface area contributed by atoms with E-state index >= 15 is 0 Å². The van der Waals surface area contributed by atoms with E-state index in [2.05, 4.69) is 10.6 Å². The Labute approximate surface area is 341 Å². The second-order valence-electron chi connectivity index (χ2n) is 13.4. The van der Waals surface area contributed by atoms with Crippen LogP contribution < -0.4 is 10.6 Å². The highest BCUT2D eigenvalue weighted by molar-refractivity contribution is 7.91. The molecule has 1 aliphatic heterocycles. The molecule has 0 spiro atoms. The molecule has 1 fully saturated rings. The summed E-state index contributed by atoms with van der Waals surface area (Å²) in [4.78, 5) is 86.1. The molecule has 21 nitrogen and oxygen atoms in total.